The zero-order valence-electron chi connectivity index (χ0n) is 11.6. The Labute approximate surface area is 111 Å². The van der Waals surface area contributed by atoms with Crippen LogP contribution < -0.4 is 5.73 Å². The molecule has 2 aliphatic rings. The third kappa shape index (κ3) is 3.47. The number of amides is 1. The number of unbranched alkanes of at least 4 members (excludes halogenated alkanes) is 2. The Hall–Kier alpha value is -0.570. The van der Waals surface area contributed by atoms with Crippen molar-refractivity contribution in [2.24, 2.45) is 11.1 Å². The summed E-state index contributed by atoms with van der Waals surface area (Å²) in [4.78, 5) is 14.2. The Kier molecular flexibility index (Phi) is 5.04. The van der Waals surface area contributed by atoms with Crippen molar-refractivity contribution >= 4 is 5.91 Å². The van der Waals surface area contributed by atoms with E-state index in [-0.39, 0.29) is 0 Å². The van der Waals surface area contributed by atoms with Crippen molar-refractivity contribution in [1.82, 2.24) is 4.90 Å². The molecule has 1 aliphatic heterocycles. The van der Waals surface area contributed by atoms with Crippen LogP contribution >= 0.6 is 0 Å². The van der Waals surface area contributed by atoms with E-state index >= 15 is 0 Å². The van der Waals surface area contributed by atoms with Crippen molar-refractivity contribution in [1.29, 1.82) is 0 Å². The van der Waals surface area contributed by atoms with Gasteiger partial charge in [-0.2, -0.15) is 0 Å². The first kappa shape index (κ1) is 13.9. The van der Waals surface area contributed by atoms with Gasteiger partial charge in [0.05, 0.1) is 0 Å². The number of carbonyl (C=O) groups is 1. The minimum absolute atomic E-state index is 0.375. The lowest BCUT2D eigenvalue weighted by molar-refractivity contribution is -0.133. The van der Waals surface area contributed by atoms with E-state index in [1.165, 1.54) is 38.5 Å². The fraction of sp³-hybridized carbons (Fsp3) is 0.933. The van der Waals surface area contributed by atoms with Gasteiger partial charge in [0.25, 0.3) is 0 Å². The Balaban J connectivity index is 1.67. The highest BCUT2D eigenvalue weighted by atomic mass is 16.2. The third-order valence-corrected chi connectivity index (χ3v) is 4.94. The summed E-state index contributed by atoms with van der Waals surface area (Å²) in [5.41, 5.74) is 6.08. The van der Waals surface area contributed by atoms with Gasteiger partial charge in [-0.3, -0.25) is 4.79 Å². The van der Waals surface area contributed by atoms with Gasteiger partial charge in [-0.1, -0.05) is 19.3 Å². The standard InChI is InChI=1S/C15H28N2O/c16-11-5-1-2-6-14(18)17-12-9-15(10-13-17)7-3-4-8-15/h1-13,16H2. The molecule has 0 aromatic heterocycles. The van der Waals surface area contributed by atoms with Crippen LogP contribution in [0.1, 0.15) is 64.2 Å². The summed E-state index contributed by atoms with van der Waals surface area (Å²) < 4.78 is 0. The van der Waals surface area contributed by atoms with Gasteiger partial charge in [0.2, 0.25) is 5.91 Å². The Bertz CT molecular complexity index is 262. The normalized spacial score (nSPS) is 22.6. The molecule has 1 aliphatic carbocycles. The number of piperidine rings is 1. The van der Waals surface area contributed by atoms with Crippen LogP contribution in [0.2, 0.25) is 0 Å². The van der Waals surface area contributed by atoms with E-state index in [0.29, 0.717) is 11.3 Å². The van der Waals surface area contributed by atoms with Crippen molar-refractivity contribution in [2.45, 2.75) is 64.2 Å². The second-order valence-electron chi connectivity index (χ2n) is 6.19. The molecule has 18 heavy (non-hydrogen) atoms. The van der Waals surface area contributed by atoms with Crippen molar-refractivity contribution < 1.29 is 4.79 Å². The fourth-order valence-electron chi connectivity index (χ4n) is 3.61. The maximum absolute atomic E-state index is 12.1. The molecule has 1 spiro atoms. The third-order valence-electron chi connectivity index (χ3n) is 4.94. The topological polar surface area (TPSA) is 46.3 Å². The van der Waals surface area contributed by atoms with Crippen LogP contribution in [-0.4, -0.2) is 30.4 Å². The summed E-state index contributed by atoms with van der Waals surface area (Å²) in [6.45, 7) is 2.77. The molecule has 0 unspecified atom stereocenters. The summed E-state index contributed by atoms with van der Waals surface area (Å²) in [5, 5.41) is 0. The van der Waals surface area contributed by atoms with Gasteiger partial charge >= 0.3 is 0 Å². The maximum atomic E-state index is 12.1. The first-order chi connectivity index (χ1) is 8.76. The molecule has 1 amide bonds. The predicted molar refractivity (Wildman–Crippen MR) is 74.2 cm³/mol. The quantitative estimate of drug-likeness (QED) is 0.765. The molecule has 104 valence electrons. The summed E-state index contributed by atoms with van der Waals surface area (Å²) >= 11 is 0. The van der Waals surface area contributed by atoms with Crippen molar-refractivity contribution in [3.63, 3.8) is 0 Å². The molecule has 1 saturated carbocycles. The molecule has 1 heterocycles. The first-order valence-electron chi connectivity index (χ1n) is 7.74. The van der Waals surface area contributed by atoms with Crippen molar-refractivity contribution in [3.05, 3.63) is 0 Å². The molecule has 0 bridgehead atoms. The lowest BCUT2D eigenvalue weighted by Crippen LogP contribution is -2.42. The monoisotopic (exact) mass is 252 g/mol. The van der Waals surface area contributed by atoms with Gasteiger partial charge in [0, 0.05) is 19.5 Å². The Morgan fingerprint density at radius 2 is 1.67 bits per heavy atom. The molecule has 0 radical (unpaired) electrons. The van der Waals surface area contributed by atoms with Crippen LogP contribution in [0.15, 0.2) is 0 Å². The van der Waals surface area contributed by atoms with E-state index in [4.69, 9.17) is 5.73 Å². The zero-order valence-corrected chi connectivity index (χ0v) is 11.6. The lowest BCUT2D eigenvalue weighted by atomic mass is 9.77. The Morgan fingerprint density at radius 3 is 2.28 bits per heavy atom. The predicted octanol–water partition coefficient (Wildman–Crippen LogP) is 2.69. The van der Waals surface area contributed by atoms with Crippen molar-refractivity contribution in [2.75, 3.05) is 19.6 Å². The molecular formula is C15H28N2O. The van der Waals surface area contributed by atoms with E-state index in [9.17, 15) is 4.79 Å². The van der Waals surface area contributed by atoms with E-state index in [1.807, 2.05) is 0 Å². The van der Waals surface area contributed by atoms with Gasteiger partial charge in [-0.25, -0.2) is 0 Å². The summed E-state index contributed by atoms with van der Waals surface area (Å²) in [6, 6.07) is 0. The minimum atomic E-state index is 0.375. The molecular weight excluding hydrogens is 224 g/mol. The number of likely N-dealkylation sites (tertiary alicyclic amines) is 1. The average molecular weight is 252 g/mol. The average Bonchev–Trinajstić information content (AvgIpc) is 2.84. The molecule has 0 atom stereocenters. The molecule has 1 saturated heterocycles. The summed E-state index contributed by atoms with van der Waals surface area (Å²) in [5.74, 6) is 0.375. The zero-order chi connectivity index (χ0) is 12.8. The molecule has 2 fully saturated rings. The fourth-order valence-corrected chi connectivity index (χ4v) is 3.61. The molecule has 0 aromatic carbocycles. The number of nitrogens with zero attached hydrogens (tertiary/aromatic N) is 1. The van der Waals surface area contributed by atoms with Crippen LogP contribution in [-0.2, 0) is 4.79 Å². The van der Waals surface area contributed by atoms with Gasteiger partial charge in [0.1, 0.15) is 0 Å². The van der Waals surface area contributed by atoms with Crippen LogP contribution in [0.3, 0.4) is 0 Å². The van der Waals surface area contributed by atoms with E-state index in [1.54, 1.807) is 0 Å². The first-order valence-corrected chi connectivity index (χ1v) is 7.74. The van der Waals surface area contributed by atoms with Crippen LogP contribution in [0.4, 0.5) is 0 Å². The number of rotatable bonds is 5. The number of nitrogens with two attached hydrogens (primary N) is 1. The maximum Gasteiger partial charge on any atom is 0.222 e. The minimum Gasteiger partial charge on any atom is -0.343 e. The van der Waals surface area contributed by atoms with E-state index in [0.717, 1.165) is 45.3 Å². The smallest absolute Gasteiger partial charge is 0.222 e. The molecule has 3 heteroatoms. The Morgan fingerprint density at radius 1 is 1.00 bits per heavy atom. The molecule has 2 N–H and O–H groups in total. The SMILES string of the molecule is NCCCCCC(=O)N1CCC2(CCCC2)CC1. The molecule has 2 rings (SSSR count). The van der Waals surface area contributed by atoms with Crippen molar-refractivity contribution in [3.8, 4) is 0 Å². The number of hydrogen-bond acceptors (Lipinski definition) is 2. The highest BCUT2D eigenvalue weighted by Gasteiger charge is 2.37. The second kappa shape index (κ2) is 6.55. The number of carbonyl (C=O) groups excluding carboxylic acids is 1. The number of hydrogen-bond donors (Lipinski definition) is 1. The van der Waals surface area contributed by atoms with E-state index < -0.39 is 0 Å². The van der Waals surface area contributed by atoms with Crippen LogP contribution in [0, 0.1) is 5.41 Å². The van der Waals surface area contributed by atoms with Crippen LogP contribution in [0.25, 0.3) is 0 Å². The van der Waals surface area contributed by atoms with Gasteiger partial charge < -0.3 is 10.6 Å². The lowest BCUT2D eigenvalue weighted by Gasteiger charge is -2.39. The van der Waals surface area contributed by atoms with Gasteiger partial charge in [-0.15, -0.1) is 0 Å². The van der Waals surface area contributed by atoms with Gasteiger partial charge in [-0.05, 0) is 50.5 Å². The molecule has 0 aromatic rings. The molecule has 3 nitrogen and oxygen atoms in total. The summed E-state index contributed by atoms with van der Waals surface area (Å²) in [6.07, 6.45) is 12.0. The largest absolute Gasteiger partial charge is 0.343 e. The van der Waals surface area contributed by atoms with Crippen LogP contribution in [0.5, 0.6) is 0 Å². The van der Waals surface area contributed by atoms with Gasteiger partial charge in [0.15, 0.2) is 0 Å². The summed E-state index contributed by atoms with van der Waals surface area (Å²) in [7, 11) is 0. The van der Waals surface area contributed by atoms with E-state index in [2.05, 4.69) is 4.90 Å². The second-order valence-corrected chi connectivity index (χ2v) is 6.19. The highest BCUT2D eigenvalue weighted by Crippen LogP contribution is 2.46. The highest BCUT2D eigenvalue weighted by molar-refractivity contribution is 5.76.